The maximum Gasteiger partial charge on any atom is 0.257 e. The number of aryl methyl sites for hydroxylation is 1. The standard InChI is InChI=1S/C21H24Br2N2O2S/c1-3-4-5-6-11-27-19-10-8-15(13-17(19)23)20(26)25-21(28)24-18-9-7-14(2)12-16(18)22/h7-10,12-13H,3-6,11H2,1-2H3,(H2,24,25,26,28). The van der Waals surface area contributed by atoms with Crippen LogP contribution in [-0.2, 0) is 0 Å². The first-order chi connectivity index (χ1) is 13.4. The van der Waals surface area contributed by atoms with E-state index in [4.69, 9.17) is 17.0 Å². The molecule has 0 fully saturated rings. The Morgan fingerprint density at radius 1 is 1.07 bits per heavy atom. The third-order valence-corrected chi connectivity index (χ3v) is 5.53. The molecule has 1 amide bonds. The van der Waals surface area contributed by atoms with Gasteiger partial charge in [-0.25, -0.2) is 0 Å². The fourth-order valence-corrected chi connectivity index (χ4v) is 3.81. The van der Waals surface area contributed by atoms with E-state index in [1.165, 1.54) is 12.8 Å². The average molecular weight is 528 g/mol. The Morgan fingerprint density at radius 3 is 2.54 bits per heavy atom. The summed E-state index contributed by atoms with van der Waals surface area (Å²) in [6.45, 7) is 4.86. The number of halogens is 2. The van der Waals surface area contributed by atoms with E-state index in [-0.39, 0.29) is 11.0 Å². The van der Waals surface area contributed by atoms with E-state index in [0.717, 1.165) is 38.8 Å². The van der Waals surface area contributed by atoms with Crippen LogP contribution in [0.25, 0.3) is 0 Å². The van der Waals surface area contributed by atoms with Gasteiger partial charge < -0.3 is 10.1 Å². The molecule has 28 heavy (non-hydrogen) atoms. The molecule has 0 aliphatic heterocycles. The molecule has 0 aliphatic carbocycles. The molecule has 0 spiro atoms. The van der Waals surface area contributed by atoms with Crippen LogP contribution in [0.1, 0.15) is 48.5 Å². The number of amides is 1. The zero-order valence-electron chi connectivity index (χ0n) is 16.0. The van der Waals surface area contributed by atoms with Crippen LogP contribution >= 0.6 is 44.1 Å². The second-order valence-electron chi connectivity index (χ2n) is 6.45. The summed E-state index contributed by atoms with van der Waals surface area (Å²) in [7, 11) is 0. The van der Waals surface area contributed by atoms with Crippen molar-refractivity contribution in [2.45, 2.75) is 39.5 Å². The molecule has 150 valence electrons. The molecule has 0 unspecified atom stereocenters. The molecular formula is C21H24Br2N2O2S. The second-order valence-corrected chi connectivity index (χ2v) is 8.56. The maximum atomic E-state index is 12.5. The molecule has 2 N–H and O–H groups in total. The van der Waals surface area contributed by atoms with Crippen LogP contribution in [0.2, 0.25) is 0 Å². The second kappa shape index (κ2) is 11.5. The molecule has 0 saturated heterocycles. The van der Waals surface area contributed by atoms with Gasteiger partial charge in [-0.05, 0) is 93.3 Å². The maximum absolute atomic E-state index is 12.5. The monoisotopic (exact) mass is 526 g/mol. The minimum atomic E-state index is -0.282. The molecular weight excluding hydrogens is 504 g/mol. The molecule has 2 aromatic rings. The smallest absolute Gasteiger partial charge is 0.257 e. The fourth-order valence-electron chi connectivity index (χ4n) is 2.52. The molecule has 4 nitrogen and oxygen atoms in total. The number of hydrogen-bond donors (Lipinski definition) is 2. The number of anilines is 1. The highest BCUT2D eigenvalue weighted by Gasteiger charge is 2.12. The molecule has 0 bridgehead atoms. The summed E-state index contributed by atoms with van der Waals surface area (Å²) in [5, 5.41) is 5.96. The van der Waals surface area contributed by atoms with Gasteiger partial charge in [0, 0.05) is 10.0 Å². The van der Waals surface area contributed by atoms with E-state index in [2.05, 4.69) is 49.4 Å². The molecule has 0 saturated carbocycles. The lowest BCUT2D eigenvalue weighted by atomic mass is 10.2. The van der Waals surface area contributed by atoms with Crippen molar-refractivity contribution in [2.75, 3.05) is 11.9 Å². The van der Waals surface area contributed by atoms with Crippen LogP contribution in [0.4, 0.5) is 5.69 Å². The number of nitrogens with one attached hydrogen (secondary N) is 2. The summed E-state index contributed by atoms with van der Waals surface area (Å²) in [4.78, 5) is 12.5. The Morgan fingerprint density at radius 2 is 1.86 bits per heavy atom. The minimum absolute atomic E-state index is 0.238. The zero-order valence-corrected chi connectivity index (χ0v) is 20.0. The van der Waals surface area contributed by atoms with Gasteiger partial charge in [0.25, 0.3) is 5.91 Å². The van der Waals surface area contributed by atoms with Gasteiger partial charge in [-0.2, -0.15) is 0 Å². The quantitative estimate of drug-likeness (QED) is 0.299. The van der Waals surface area contributed by atoms with Crippen molar-refractivity contribution in [1.82, 2.24) is 5.32 Å². The number of thiocarbonyl (C=S) groups is 1. The van der Waals surface area contributed by atoms with Gasteiger partial charge in [0.15, 0.2) is 5.11 Å². The number of carbonyl (C=O) groups is 1. The summed E-state index contributed by atoms with van der Waals surface area (Å²) >= 11 is 12.2. The lowest BCUT2D eigenvalue weighted by Crippen LogP contribution is -2.34. The van der Waals surface area contributed by atoms with E-state index < -0.39 is 0 Å². The van der Waals surface area contributed by atoms with Crippen molar-refractivity contribution in [3.05, 3.63) is 56.5 Å². The highest BCUT2D eigenvalue weighted by molar-refractivity contribution is 9.11. The number of ether oxygens (including phenoxy) is 1. The topological polar surface area (TPSA) is 50.4 Å². The van der Waals surface area contributed by atoms with Crippen LogP contribution < -0.4 is 15.4 Å². The van der Waals surface area contributed by atoms with E-state index in [0.29, 0.717) is 12.2 Å². The Bertz CT molecular complexity index is 843. The number of benzene rings is 2. The first-order valence-corrected chi connectivity index (χ1v) is 11.2. The normalized spacial score (nSPS) is 10.4. The van der Waals surface area contributed by atoms with Crippen LogP contribution in [-0.4, -0.2) is 17.6 Å². The predicted octanol–water partition coefficient (Wildman–Crippen LogP) is 6.61. The van der Waals surface area contributed by atoms with Crippen molar-refractivity contribution in [3.63, 3.8) is 0 Å². The van der Waals surface area contributed by atoms with Crippen LogP contribution in [0, 0.1) is 6.92 Å². The summed E-state index contributed by atoms with van der Waals surface area (Å²) < 4.78 is 7.41. The number of carbonyl (C=O) groups excluding carboxylic acids is 1. The Hall–Kier alpha value is -1.44. The number of hydrogen-bond acceptors (Lipinski definition) is 3. The van der Waals surface area contributed by atoms with Gasteiger partial charge in [-0.3, -0.25) is 10.1 Å². The number of rotatable bonds is 8. The van der Waals surface area contributed by atoms with Crippen molar-refractivity contribution in [2.24, 2.45) is 0 Å². The number of unbranched alkanes of at least 4 members (excludes halogenated alkanes) is 3. The van der Waals surface area contributed by atoms with E-state index in [9.17, 15) is 4.79 Å². The van der Waals surface area contributed by atoms with E-state index in [1.807, 2.05) is 25.1 Å². The third kappa shape index (κ3) is 7.18. The van der Waals surface area contributed by atoms with Crippen LogP contribution in [0.15, 0.2) is 45.3 Å². The summed E-state index contributed by atoms with van der Waals surface area (Å²) in [6, 6.07) is 11.1. The molecule has 7 heteroatoms. The third-order valence-electron chi connectivity index (χ3n) is 4.05. The average Bonchev–Trinajstić information content (AvgIpc) is 2.65. The lowest BCUT2D eigenvalue weighted by Gasteiger charge is -2.13. The molecule has 2 aromatic carbocycles. The van der Waals surface area contributed by atoms with Crippen molar-refractivity contribution < 1.29 is 9.53 Å². The van der Waals surface area contributed by atoms with Crippen molar-refractivity contribution in [1.29, 1.82) is 0 Å². The van der Waals surface area contributed by atoms with Gasteiger partial charge in [-0.15, -0.1) is 0 Å². The van der Waals surface area contributed by atoms with E-state index >= 15 is 0 Å². The Labute approximate surface area is 188 Å². The van der Waals surface area contributed by atoms with Gasteiger partial charge >= 0.3 is 0 Å². The summed E-state index contributed by atoms with van der Waals surface area (Å²) in [5.41, 5.74) is 2.42. The van der Waals surface area contributed by atoms with Gasteiger partial charge in [0.05, 0.1) is 16.8 Å². The largest absolute Gasteiger partial charge is 0.492 e. The van der Waals surface area contributed by atoms with E-state index in [1.54, 1.807) is 18.2 Å². The van der Waals surface area contributed by atoms with Crippen molar-refractivity contribution >= 4 is 60.8 Å². The fraction of sp³-hybridized carbons (Fsp3) is 0.333. The SMILES string of the molecule is CCCCCCOc1ccc(C(=O)NC(=S)Nc2ccc(C)cc2Br)cc1Br. The highest BCUT2D eigenvalue weighted by Crippen LogP contribution is 2.26. The molecule has 0 aromatic heterocycles. The Balaban J connectivity index is 1.91. The molecule has 0 heterocycles. The molecule has 0 aliphatic rings. The Kier molecular flexibility index (Phi) is 9.41. The van der Waals surface area contributed by atoms with Gasteiger partial charge in [0.1, 0.15) is 5.75 Å². The highest BCUT2D eigenvalue weighted by atomic mass is 79.9. The molecule has 0 radical (unpaired) electrons. The predicted molar refractivity (Wildman–Crippen MR) is 126 cm³/mol. The molecule has 0 atom stereocenters. The van der Waals surface area contributed by atoms with Crippen LogP contribution in [0.5, 0.6) is 5.75 Å². The van der Waals surface area contributed by atoms with Gasteiger partial charge in [0.2, 0.25) is 0 Å². The first-order valence-electron chi connectivity index (χ1n) is 9.21. The molecule has 2 rings (SSSR count). The lowest BCUT2D eigenvalue weighted by molar-refractivity contribution is 0.0977. The van der Waals surface area contributed by atoms with Crippen LogP contribution in [0.3, 0.4) is 0 Å². The summed E-state index contributed by atoms with van der Waals surface area (Å²) in [6.07, 6.45) is 4.61. The summed E-state index contributed by atoms with van der Waals surface area (Å²) in [5.74, 6) is 0.452. The minimum Gasteiger partial charge on any atom is -0.492 e. The zero-order chi connectivity index (χ0) is 20.5. The van der Waals surface area contributed by atoms with Gasteiger partial charge in [-0.1, -0.05) is 32.3 Å². The van der Waals surface area contributed by atoms with Crippen molar-refractivity contribution in [3.8, 4) is 5.75 Å². The first kappa shape index (κ1) is 22.8.